The number of hydrogen-bond donors (Lipinski definition) is 1. The van der Waals surface area contributed by atoms with Crippen molar-refractivity contribution in [2.24, 2.45) is 0 Å². The molecule has 2 aromatic rings. The second-order valence-corrected chi connectivity index (χ2v) is 7.55. The van der Waals surface area contributed by atoms with Crippen molar-refractivity contribution >= 4 is 11.9 Å². The van der Waals surface area contributed by atoms with Crippen LogP contribution in [0.15, 0.2) is 53.1 Å². The maximum Gasteiger partial charge on any atom is 0.490 e. The number of aliphatic carboxylic acids is 1. The summed E-state index contributed by atoms with van der Waals surface area (Å²) in [6.45, 7) is 2.64. The molecule has 6 nitrogen and oxygen atoms in total. The minimum atomic E-state index is -5.08. The second-order valence-electron chi connectivity index (χ2n) is 7.55. The van der Waals surface area contributed by atoms with Crippen LogP contribution in [0.1, 0.15) is 29.0 Å². The van der Waals surface area contributed by atoms with E-state index in [4.69, 9.17) is 14.3 Å². The van der Waals surface area contributed by atoms with Gasteiger partial charge in [-0.2, -0.15) is 13.2 Å². The van der Waals surface area contributed by atoms with E-state index < -0.39 is 12.1 Å². The Morgan fingerprint density at radius 3 is 2.30 bits per heavy atom. The lowest BCUT2D eigenvalue weighted by Gasteiger charge is -2.46. The van der Waals surface area contributed by atoms with Crippen LogP contribution in [-0.2, 0) is 10.2 Å². The number of carbonyl (C=O) groups is 2. The van der Waals surface area contributed by atoms with Crippen LogP contribution in [0.25, 0.3) is 0 Å². The highest BCUT2D eigenvalue weighted by atomic mass is 19.4. The molecule has 1 N–H and O–H groups in total. The highest BCUT2D eigenvalue weighted by Crippen LogP contribution is 2.45. The number of amides is 1. The molecule has 2 aliphatic heterocycles. The smallest absolute Gasteiger partial charge is 0.475 e. The van der Waals surface area contributed by atoms with Gasteiger partial charge in [0.1, 0.15) is 0 Å². The van der Waals surface area contributed by atoms with Crippen LogP contribution in [0.2, 0.25) is 0 Å². The molecule has 2 saturated heterocycles. The molecular weight excluding hydrogens is 401 g/mol. The van der Waals surface area contributed by atoms with Crippen LogP contribution in [0.4, 0.5) is 13.2 Å². The monoisotopic (exact) mass is 424 g/mol. The summed E-state index contributed by atoms with van der Waals surface area (Å²) >= 11 is 0. The molecule has 1 aromatic carbocycles. The fourth-order valence-corrected chi connectivity index (χ4v) is 4.35. The van der Waals surface area contributed by atoms with Gasteiger partial charge in [0.25, 0.3) is 5.91 Å². The molecule has 9 heteroatoms. The average Bonchev–Trinajstić information content (AvgIpc) is 3.37. The number of fused-ring (bicyclic) bond motifs is 1. The number of rotatable bonds is 2. The first kappa shape index (κ1) is 21.9. The lowest BCUT2D eigenvalue weighted by Crippen LogP contribution is -2.56. The van der Waals surface area contributed by atoms with Crippen molar-refractivity contribution in [3.63, 3.8) is 0 Å². The van der Waals surface area contributed by atoms with E-state index in [9.17, 15) is 18.0 Å². The molecule has 2 atom stereocenters. The molecule has 0 saturated carbocycles. The van der Waals surface area contributed by atoms with E-state index in [2.05, 4.69) is 42.3 Å². The Kier molecular flexibility index (Phi) is 6.21. The van der Waals surface area contributed by atoms with Crippen molar-refractivity contribution in [3.8, 4) is 0 Å². The zero-order valence-corrected chi connectivity index (χ0v) is 16.4. The van der Waals surface area contributed by atoms with Gasteiger partial charge in [-0.3, -0.25) is 4.79 Å². The van der Waals surface area contributed by atoms with Crippen molar-refractivity contribution < 1.29 is 32.3 Å². The molecule has 1 amide bonds. The minimum Gasteiger partial charge on any atom is -0.475 e. The first-order chi connectivity index (χ1) is 14.1. The lowest BCUT2D eigenvalue weighted by molar-refractivity contribution is -0.192. The molecule has 2 aliphatic rings. The van der Waals surface area contributed by atoms with E-state index in [0.717, 1.165) is 26.1 Å². The standard InChI is InChI=1S/C19H22N2O2.C2HF3O2/c1-20-11-9-19(15-6-3-2-4-7-15)10-12-21(14-17(19)20)18(22)16-8-5-13-23-16;3-2(4,5)1(6)7/h2-8,13,17H,9-12,14H2,1H3;(H,6,7). The lowest BCUT2D eigenvalue weighted by atomic mass is 9.69. The Morgan fingerprint density at radius 2 is 1.73 bits per heavy atom. The quantitative estimate of drug-likeness (QED) is 0.800. The number of carboxylic acid groups (broad SMARTS) is 1. The SMILES string of the molecule is CN1CCC2(c3ccccc3)CCN(C(=O)c3ccco3)CC12.O=C(O)C(F)(F)F. The summed E-state index contributed by atoms with van der Waals surface area (Å²) in [5, 5.41) is 7.12. The average molecular weight is 424 g/mol. The van der Waals surface area contributed by atoms with E-state index in [1.807, 2.05) is 4.90 Å². The number of carboxylic acids is 1. The molecule has 4 rings (SSSR count). The van der Waals surface area contributed by atoms with Gasteiger partial charge >= 0.3 is 12.1 Å². The molecule has 0 aliphatic carbocycles. The summed E-state index contributed by atoms with van der Waals surface area (Å²) in [5.41, 5.74) is 1.59. The van der Waals surface area contributed by atoms with Crippen molar-refractivity contribution in [3.05, 3.63) is 60.1 Å². The summed E-state index contributed by atoms with van der Waals surface area (Å²) in [4.78, 5) is 25.9. The third-order valence-corrected chi connectivity index (χ3v) is 5.91. The summed E-state index contributed by atoms with van der Waals surface area (Å²) < 4.78 is 37.0. The van der Waals surface area contributed by atoms with E-state index in [1.54, 1.807) is 18.4 Å². The first-order valence-corrected chi connectivity index (χ1v) is 9.54. The molecule has 0 radical (unpaired) electrons. The number of likely N-dealkylation sites (tertiary alicyclic amines) is 2. The van der Waals surface area contributed by atoms with Gasteiger partial charge in [-0.05, 0) is 44.1 Å². The highest BCUT2D eigenvalue weighted by molar-refractivity contribution is 5.91. The number of hydrogen-bond acceptors (Lipinski definition) is 4. The Morgan fingerprint density at radius 1 is 1.10 bits per heavy atom. The second kappa shape index (κ2) is 8.51. The van der Waals surface area contributed by atoms with Crippen LogP contribution in [0, 0.1) is 0 Å². The number of likely N-dealkylation sites (N-methyl/N-ethyl adjacent to an activating group) is 1. The van der Waals surface area contributed by atoms with Gasteiger partial charge in [-0.1, -0.05) is 30.3 Å². The minimum absolute atomic E-state index is 0.0111. The van der Waals surface area contributed by atoms with Gasteiger partial charge in [0, 0.05) is 24.5 Å². The summed E-state index contributed by atoms with van der Waals surface area (Å²) in [6.07, 6.45) is -1.34. The molecular formula is C21H23F3N2O4. The topological polar surface area (TPSA) is 74.0 Å². The molecule has 0 spiro atoms. The number of nitrogens with zero attached hydrogens (tertiary/aromatic N) is 2. The zero-order chi connectivity index (χ0) is 21.9. The maximum atomic E-state index is 12.6. The third-order valence-electron chi connectivity index (χ3n) is 5.91. The van der Waals surface area contributed by atoms with E-state index in [0.29, 0.717) is 11.8 Å². The highest BCUT2D eigenvalue weighted by Gasteiger charge is 2.50. The van der Waals surface area contributed by atoms with Crippen molar-refractivity contribution in [2.75, 3.05) is 26.7 Å². The van der Waals surface area contributed by atoms with Crippen molar-refractivity contribution in [2.45, 2.75) is 30.5 Å². The number of piperidine rings is 1. The number of benzene rings is 1. The Labute approximate surface area is 171 Å². The number of furan rings is 1. The van der Waals surface area contributed by atoms with E-state index in [1.165, 1.54) is 12.0 Å². The molecule has 30 heavy (non-hydrogen) atoms. The Balaban J connectivity index is 0.000000318. The van der Waals surface area contributed by atoms with Gasteiger partial charge in [0.2, 0.25) is 0 Å². The zero-order valence-electron chi connectivity index (χ0n) is 16.4. The maximum absolute atomic E-state index is 12.6. The molecule has 0 bridgehead atoms. The van der Waals surface area contributed by atoms with Crippen LogP contribution in [0.3, 0.4) is 0 Å². The van der Waals surface area contributed by atoms with Crippen LogP contribution < -0.4 is 0 Å². The molecule has 2 unspecified atom stereocenters. The van der Waals surface area contributed by atoms with Gasteiger partial charge in [-0.25, -0.2) is 4.79 Å². The van der Waals surface area contributed by atoms with Crippen LogP contribution in [0.5, 0.6) is 0 Å². The summed E-state index contributed by atoms with van der Waals surface area (Å²) in [6, 6.07) is 14.7. The van der Waals surface area contributed by atoms with E-state index in [-0.39, 0.29) is 11.3 Å². The van der Waals surface area contributed by atoms with Gasteiger partial charge in [-0.15, -0.1) is 0 Å². The molecule has 3 heterocycles. The molecule has 2 fully saturated rings. The van der Waals surface area contributed by atoms with Crippen molar-refractivity contribution in [1.29, 1.82) is 0 Å². The van der Waals surface area contributed by atoms with Crippen LogP contribution in [-0.4, -0.2) is 65.7 Å². The molecule has 162 valence electrons. The Bertz CT molecular complexity index is 870. The third kappa shape index (κ3) is 4.35. The fourth-order valence-electron chi connectivity index (χ4n) is 4.35. The first-order valence-electron chi connectivity index (χ1n) is 9.54. The normalized spacial score (nSPS) is 24.0. The number of halogens is 3. The van der Waals surface area contributed by atoms with E-state index >= 15 is 0 Å². The Hall–Kier alpha value is -2.81. The summed E-state index contributed by atoms with van der Waals surface area (Å²) in [5.74, 6) is -2.30. The molecule has 1 aromatic heterocycles. The summed E-state index contributed by atoms with van der Waals surface area (Å²) in [7, 11) is 2.18. The number of carbonyl (C=O) groups excluding carboxylic acids is 1. The largest absolute Gasteiger partial charge is 0.490 e. The van der Waals surface area contributed by atoms with Crippen molar-refractivity contribution in [1.82, 2.24) is 9.80 Å². The predicted octanol–water partition coefficient (Wildman–Crippen LogP) is 3.40. The number of alkyl halides is 3. The van der Waals surface area contributed by atoms with Gasteiger partial charge in [0.15, 0.2) is 5.76 Å². The predicted molar refractivity (Wildman–Crippen MR) is 102 cm³/mol. The van der Waals surface area contributed by atoms with Gasteiger partial charge in [0.05, 0.1) is 6.26 Å². The fraction of sp³-hybridized carbons (Fsp3) is 0.429. The van der Waals surface area contributed by atoms with Gasteiger partial charge < -0.3 is 19.3 Å². The van der Waals surface area contributed by atoms with Crippen LogP contribution >= 0.6 is 0 Å².